The smallest absolute Gasteiger partial charge is 0.252 e. The standard InChI is InChI=1S/C14H21N3O2S/c1-14(9-15)4-6-17(10-14)12(18)2-5-16-13(19)11-3-7-20-8-11/h3,7-8H,2,4-6,9-10,15H2,1H3,(H,16,19). The zero-order valence-electron chi connectivity index (χ0n) is 11.7. The Morgan fingerprint density at radius 1 is 1.55 bits per heavy atom. The van der Waals surface area contributed by atoms with Gasteiger partial charge in [-0.2, -0.15) is 11.3 Å². The highest BCUT2D eigenvalue weighted by Crippen LogP contribution is 2.28. The highest BCUT2D eigenvalue weighted by atomic mass is 32.1. The summed E-state index contributed by atoms with van der Waals surface area (Å²) in [5.41, 5.74) is 6.43. The summed E-state index contributed by atoms with van der Waals surface area (Å²) in [6, 6.07) is 1.77. The number of hydrogen-bond donors (Lipinski definition) is 2. The van der Waals surface area contributed by atoms with E-state index in [1.807, 2.05) is 10.3 Å². The van der Waals surface area contributed by atoms with E-state index in [0.717, 1.165) is 19.5 Å². The van der Waals surface area contributed by atoms with Crippen LogP contribution < -0.4 is 11.1 Å². The molecular formula is C14H21N3O2S. The summed E-state index contributed by atoms with van der Waals surface area (Å²) >= 11 is 1.48. The van der Waals surface area contributed by atoms with Gasteiger partial charge in [0.2, 0.25) is 5.91 Å². The van der Waals surface area contributed by atoms with Crippen molar-refractivity contribution in [3.63, 3.8) is 0 Å². The van der Waals surface area contributed by atoms with Crippen molar-refractivity contribution in [3.8, 4) is 0 Å². The molecule has 1 saturated heterocycles. The molecule has 2 rings (SSSR count). The Hall–Kier alpha value is -1.40. The van der Waals surface area contributed by atoms with Gasteiger partial charge in [-0.15, -0.1) is 0 Å². The molecule has 20 heavy (non-hydrogen) atoms. The van der Waals surface area contributed by atoms with Gasteiger partial charge in [0.15, 0.2) is 0 Å². The second-order valence-corrected chi connectivity index (χ2v) is 6.38. The van der Waals surface area contributed by atoms with E-state index in [-0.39, 0.29) is 17.2 Å². The molecule has 1 fully saturated rings. The maximum atomic E-state index is 12.1. The van der Waals surface area contributed by atoms with Crippen LogP contribution in [0.25, 0.3) is 0 Å². The third kappa shape index (κ3) is 3.58. The van der Waals surface area contributed by atoms with Gasteiger partial charge in [-0.05, 0) is 29.8 Å². The van der Waals surface area contributed by atoms with Gasteiger partial charge in [0.05, 0.1) is 0 Å². The minimum Gasteiger partial charge on any atom is -0.351 e. The van der Waals surface area contributed by atoms with Crippen LogP contribution in [0.4, 0.5) is 0 Å². The summed E-state index contributed by atoms with van der Waals surface area (Å²) in [4.78, 5) is 25.6. The summed E-state index contributed by atoms with van der Waals surface area (Å²) in [6.07, 6.45) is 1.30. The van der Waals surface area contributed by atoms with Crippen LogP contribution in [0.3, 0.4) is 0 Å². The van der Waals surface area contributed by atoms with E-state index >= 15 is 0 Å². The minimum absolute atomic E-state index is 0.0512. The highest BCUT2D eigenvalue weighted by molar-refractivity contribution is 7.08. The second kappa shape index (κ2) is 6.37. The van der Waals surface area contributed by atoms with Crippen molar-refractivity contribution in [2.75, 3.05) is 26.2 Å². The Balaban J connectivity index is 1.72. The lowest BCUT2D eigenvalue weighted by Gasteiger charge is -2.22. The normalized spacial score (nSPS) is 22.0. The number of amides is 2. The van der Waals surface area contributed by atoms with E-state index < -0.39 is 0 Å². The molecule has 1 aliphatic rings. The van der Waals surface area contributed by atoms with Gasteiger partial charge in [-0.1, -0.05) is 6.92 Å². The zero-order valence-corrected chi connectivity index (χ0v) is 12.5. The molecule has 3 N–H and O–H groups in total. The number of nitrogens with zero attached hydrogens (tertiary/aromatic N) is 1. The third-order valence-corrected chi connectivity index (χ3v) is 4.49. The quantitative estimate of drug-likeness (QED) is 0.853. The number of rotatable bonds is 5. The van der Waals surface area contributed by atoms with Gasteiger partial charge in [0.1, 0.15) is 0 Å². The number of carbonyl (C=O) groups excluding carboxylic acids is 2. The second-order valence-electron chi connectivity index (χ2n) is 5.60. The van der Waals surface area contributed by atoms with E-state index in [1.165, 1.54) is 11.3 Å². The van der Waals surface area contributed by atoms with Crippen LogP contribution in [-0.4, -0.2) is 42.9 Å². The van der Waals surface area contributed by atoms with Gasteiger partial charge >= 0.3 is 0 Å². The van der Waals surface area contributed by atoms with Crippen LogP contribution in [0.15, 0.2) is 16.8 Å². The molecular weight excluding hydrogens is 274 g/mol. The average molecular weight is 295 g/mol. The molecule has 110 valence electrons. The number of nitrogens with two attached hydrogens (primary N) is 1. The molecule has 1 aliphatic heterocycles. The fourth-order valence-corrected chi connectivity index (χ4v) is 2.98. The van der Waals surface area contributed by atoms with Crippen molar-refractivity contribution in [3.05, 3.63) is 22.4 Å². The predicted octanol–water partition coefficient (Wildman–Crippen LogP) is 1.07. The lowest BCUT2D eigenvalue weighted by atomic mass is 9.90. The summed E-state index contributed by atoms with van der Waals surface area (Å²) in [7, 11) is 0. The molecule has 0 aromatic carbocycles. The van der Waals surface area contributed by atoms with Crippen LogP contribution in [-0.2, 0) is 4.79 Å². The number of nitrogens with one attached hydrogen (secondary N) is 1. The fraction of sp³-hybridized carbons (Fsp3) is 0.571. The topological polar surface area (TPSA) is 75.4 Å². The Bertz CT molecular complexity index is 475. The molecule has 0 aliphatic carbocycles. The first kappa shape index (κ1) is 15.0. The highest BCUT2D eigenvalue weighted by Gasteiger charge is 2.34. The summed E-state index contributed by atoms with van der Waals surface area (Å²) < 4.78 is 0. The molecule has 0 saturated carbocycles. The molecule has 0 spiro atoms. The molecule has 2 heterocycles. The van der Waals surface area contributed by atoms with E-state index in [2.05, 4.69) is 12.2 Å². The van der Waals surface area contributed by atoms with Crippen molar-refractivity contribution < 1.29 is 9.59 Å². The maximum absolute atomic E-state index is 12.1. The van der Waals surface area contributed by atoms with E-state index in [9.17, 15) is 9.59 Å². The number of carbonyl (C=O) groups is 2. The molecule has 1 unspecified atom stereocenters. The van der Waals surface area contributed by atoms with Crippen LogP contribution in [0, 0.1) is 5.41 Å². The molecule has 0 bridgehead atoms. The molecule has 1 aromatic rings. The predicted molar refractivity (Wildman–Crippen MR) is 79.6 cm³/mol. The van der Waals surface area contributed by atoms with Crippen LogP contribution in [0.2, 0.25) is 0 Å². The van der Waals surface area contributed by atoms with Gasteiger partial charge in [0.25, 0.3) is 5.91 Å². The summed E-state index contributed by atoms with van der Waals surface area (Å²) in [5, 5.41) is 6.42. The molecule has 2 amide bonds. The first-order valence-corrected chi connectivity index (χ1v) is 7.77. The molecule has 0 radical (unpaired) electrons. The Kier molecular flexibility index (Phi) is 4.77. The molecule has 1 atom stereocenters. The van der Waals surface area contributed by atoms with Crippen molar-refractivity contribution in [2.45, 2.75) is 19.8 Å². The Morgan fingerprint density at radius 2 is 2.35 bits per heavy atom. The van der Waals surface area contributed by atoms with Crippen molar-refractivity contribution >= 4 is 23.2 Å². The minimum atomic E-state index is -0.118. The number of likely N-dealkylation sites (tertiary alicyclic amines) is 1. The Morgan fingerprint density at radius 3 is 2.95 bits per heavy atom. The van der Waals surface area contributed by atoms with Crippen LogP contribution in [0.1, 0.15) is 30.1 Å². The monoisotopic (exact) mass is 295 g/mol. The summed E-state index contributed by atoms with van der Waals surface area (Å²) in [6.45, 7) is 4.58. The largest absolute Gasteiger partial charge is 0.351 e. The van der Waals surface area contributed by atoms with Crippen LogP contribution >= 0.6 is 11.3 Å². The SMILES string of the molecule is CC1(CN)CCN(C(=O)CCNC(=O)c2ccsc2)C1. The first-order chi connectivity index (χ1) is 9.54. The van der Waals surface area contributed by atoms with Crippen molar-refractivity contribution in [2.24, 2.45) is 11.1 Å². The third-order valence-electron chi connectivity index (χ3n) is 3.81. The number of hydrogen-bond acceptors (Lipinski definition) is 4. The van der Waals surface area contributed by atoms with Gasteiger partial charge in [0, 0.05) is 37.0 Å². The van der Waals surface area contributed by atoms with E-state index in [4.69, 9.17) is 5.73 Å². The molecule has 5 nitrogen and oxygen atoms in total. The van der Waals surface area contributed by atoms with Crippen molar-refractivity contribution in [1.29, 1.82) is 0 Å². The van der Waals surface area contributed by atoms with E-state index in [1.54, 1.807) is 11.4 Å². The molecule has 6 heteroatoms. The zero-order chi connectivity index (χ0) is 14.6. The summed E-state index contributed by atoms with van der Waals surface area (Å²) in [5.74, 6) is -0.0277. The van der Waals surface area contributed by atoms with Gasteiger partial charge in [-0.3, -0.25) is 9.59 Å². The van der Waals surface area contributed by atoms with E-state index in [0.29, 0.717) is 25.1 Å². The molecule has 1 aromatic heterocycles. The van der Waals surface area contributed by atoms with Crippen molar-refractivity contribution in [1.82, 2.24) is 10.2 Å². The average Bonchev–Trinajstić information content (AvgIpc) is 3.08. The Labute approximate surface area is 123 Å². The maximum Gasteiger partial charge on any atom is 0.252 e. The fourth-order valence-electron chi connectivity index (χ4n) is 2.34. The lowest BCUT2D eigenvalue weighted by Crippen LogP contribution is -2.36. The van der Waals surface area contributed by atoms with Gasteiger partial charge < -0.3 is 16.0 Å². The lowest BCUT2D eigenvalue weighted by molar-refractivity contribution is -0.130. The number of thiophene rings is 1. The van der Waals surface area contributed by atoms with Crippen LogP contribution in [0.5, 0.6) is 0 Å². The van der Waals surface area contributed by atoms with Gasteiger partial charge in [-0.25, -0.2) is 0 Å². The first-order valence-electron chi connectivity index (χ1n) is 6.82.